The molecule has 2 rings (SSSR count). The molecular formula is C13H14FN3O2. The van der Waals surface area contributed by atoms with Crippen molar-refractivity contribution < 1.29 is 13.7 Å². The summed E-state index contributed by atoms with van der Waals surface area (Å²) in [6.45, 7) is 2.12. The number of anilines is 1. The fourth-order valence-electron chi connectivity index (χ4n) is 1.56. The average molecular weight is 263 g/mol. The molecule has 0 spiro atoms. The van der Waals surface area contributed by atoms with Crippen molar-refractivity contribution in [2.24, 2.45) is 0 Å². The maximum absolute atomic E-state index is 12.7. The third kappa shape index (κ3) is 3.54. The minimum atomic E-state index is -0.343. The first-order valence-electron chi connectivity index (χ1n) is 5.74. The SMILES string of the molecule is Cc1cc(CN(C)C(=O)Nc2ccc(F)cc2)no1. The normalized spacial score (nSPS) is 10.3. The molecule has 1 N–H and O–H groups in total. The number of halogens is 1. The standard InChI is InChI=1S/C13H14FN3O2/c1-9-7-12(16-19-9)8-17(2)13(18)15-11-5-3-10(14)4-6-11/h3-7H,8H2,1-2H3,(H,15,18). The number of hydrogen-bond donors (Lipinski definition) is 1. The van der Waals surface area contributed by atoms with Crippen LogP contribution in [0.15, 0.2) is 34.9 Å². The van der Waals surface area contributed by atoms with Gasteiger partial charge in [0.25, 0.3) is 0 Å². The molecule has 6 heteroatoms. The first-order chi connectivity index (χ1) is 9.04. The summed E-state index contributed by atoms with van der Waals surface area (Å²) in [6.07, 6.45) is 0. The van der Waals surface area contributed by atoms with Crippen LogP contribution in [0.1, 0.15) is 11.5 Å². The molecule has 0 unspecified atom stereocenters. The molecule has 100 valence electrons. The lowest BCUT2D eigenvalue weighted by atomic mass is 10.3. The van der Waals surface area contributed by atoms with Crippen molar-refractivity contribution in [2.45, 2.75) is 13.5 Å². The molecule has 0 atom stereocenters. The Hall–Kier alpha value is -2.37. The van der Waals surface area contributed by atoms with Crippen LogP contribution in [0, 0.1) is 12.7 Å². The van der Waals surface area contributed by atoms with Crippen molar-refractivity contribution in [1.29, 1.82) is 0 Å². The number of carbonyl (C=O) groups excluding carboxylic acids is 1. The minimum absolute atomic E-state index is 0.299. The van der Waals surface area contributed by atoms with Gasteiger partial charge in [-0.05, 0) is 31.2 Å². The van der Waals surface area contributed by atoms with Crippen molar-refractivity contribution >= 4 is 11.7 Å². The van der Waals surface area contributed by atoms with Crippen LogP contribution in [0.2, 0.25) is 0 Å². The van der Waals surface area contributed by atoms with Crippen LogP contribution in [0.4, 0.5) is 14.9 Å². The predicted octanol–water partition coefficient (Wildman–Crippen LogP) is 2.79. The molecule has 0 saturated carbocycles. The molecule has 1 aromatic heterocycles. The fraction of sp³-hybridized carbons (Fsp3) is 0.231. The van der Waals surface area contributed by atoms with E-state index in [-0.39, 0.29) is 11.8 Å². The third-order valence-corrected chi connectivity index (χ3v) is 2.52. The monoisotopic (exact) mass is 263 g/mol. The number of aryl methyl sites for hydroxylation is 1. The zero-order valence-electron chi connectivity index (χ0n) is 10.7. The minimum Gasteiger partial charge on any atom is -0.361 e. The molecule has 0 bridgehead atoms. The molecular weight excluding hydrogens is 249 g/mol. The Balaban J connectivity index is 1.94. The van der Waals surface area contributed by atoms with Crippen LogP contribution < -0.4 is 5.32 Å². The summed E-state index contributed by atoms with van der Waals surface area (Å²) in [5.74, 6) is 0.353. The first kappa shape index (κ1) is 13.1. The van der Waals surface area contributed by atoms with Gasteiger partial charge in [0.05, 0.1) is 6.54 Å². The van der Waals surface area contributed by atoms with Gasteiger partial charge in [0.15, 0.2) is 0 Å². The van der Waals surface area contributed by atoms with Crippen molar-refractivity contribution in [3.63, 3.8) is 0 Å². The summed E-state index contributed by atoms with van der Waals surface area (Å²) in [6, 6.07) is 7.05. The van der Waals surface area contributed by atoms with Crippen LogP contribution >= 0.6 is 0 Å². The summed E-state index contributed by atoms with van der Waals surface area (Å²) in [5.41, 5.74) is 1.21. The maximum atomic E-state index is 12.7. The van der Waals surface area contributed by atoms with E-state index in [0.29, 0.717) is 23.7 Å². The van der Waals surface area contributed by atoms with Gasteiger partial charge in [0.1, 0.15) is 17.3 Å². The van der Waals surface area contributed by atoms with E-state index >= 15 is 0 Å². The van der Waals surface area contributed by atoms with Crippen LogP contribution in [-0.2, 0) is 6.54 Å². The number of urea groups is 1. The Morgan fingerprint density at radius 2 is 2.11 bits per heavy atom. The summed E-state index contributed by atoms with van der Waals surface area (Å²) in [4.78, 5) is 13.3. The molecule has 1 heterocycles. The summed E-state index contributed by atoms with van der Waals surface area (Å²) in [7, 11) is 1.64. The van der Waals surface area contributed by atoms with Gasteiger partial charge in [-0.25, -0.2) is 9.18 Å². The Morgan fingerprint density at radius 3 is 2.68 bits per heavy atom. The van der Waals surface area contributed by atoms with E-state index in [1.807, 2.05) is 0 Å². The number of nitrogens with zero attached hydrogens (tertiary/aromatic N) is 2. The first-order valence-corrected chi connectivity index (χ1v) is 5.74. The quantitative estimate of drug-likeness (QED) is 0.926. The fourth-order valence-corrected chi connectivity index (χ4v) is 1.56. The Bertz CT molecular complexity index is 566. The highest BCUT2D eigenvalue weighted by atomic mass is 19.1. The molecule has 19 heavy (non-hydrogen) atoms. The van der Waals surface area contributed by atoms with E-state index in [1.165, 1.54) is 29.2 Å². The predicted molar refractivity (Wildman–Crippen MR) is 68.1 cm³/mol. The van der Waals surface area contributed by atoms with E-state index < -0.39 is 0 Å². The number of rotatable bonds is 3. The lowest BCUT2D eigenvalue weighted by molar-refractivity contribution is 0.219. The lowest BCUT2D eigenvalue weighted by Crippen LogP contribution is -2.30. The highest BCUT2D eigenvalue weighted by Gasteiger charge is 2.11. The number of aromatic nitrogens is 1. The molecule has 0 radical (unpaired) electrons. The van der Waals surface area contributed by atoms with E-state index in [2.05, 4.69) is 10.5 Å². The van der Waals surface area contributed by atoms with Crippen molar-refractivity contribution in [1.82, 2.24) is 10.1 Å². The Morgan fingerprint density at radius 1 is 1.42 bits per heavy atom. The number of carbonyl (C=O) groups is 1. The van der Waals surface area contributed by atoms with Crippen molar-refractivity contribution in [3.05, 3.63) is 47.6 Å². The molecule has 0 aliphatic heterocycles. The second-order valence-corrected chi connectivity index (χ2v) is 4.22. The summed E-state index contributed by atoms with van der Waals surface area (Å²) < 4.78 is 17.7. The topological polar surface area (TPSA) is 58.4 Å². The number of hydrogen-bond acceptors (Lipinski definition) is 3. The Labute approximate surface area is 110 Å². The van der Waals surface area contributed by atoms with Crippen molar-refractivity contribution in [2.75, 3.05) is 12.4 Å². The van der Waals surface area contributed by atoms with Crippen LogP contribution in [0.25, 0.3) is 0 Å². The van der Waals surface area contributed by atoms with Gasteiger partial charge in [-0.1, -0.05) is 5.16 Å². The van der Waals surface area contributed by atoms with Gasteiger partial charge in [0.2, 0.25) is 0 Å². The van der Waals surface area contributed by atoms with Crippen LogP contribution in [0.5, 0.6) is 0 Å². The second-order valence-electron chi connectivity index (χ2n) is 4.22. The van der Waals surface area contributed by atoms with Gasteiger partial charge in [-0.3, -0.25) is 0 Å². The van der Waals surface area contributed by atoms with Crippen LogP contribution in [-0.4, -0.2) is 23.1 Å². The number of nitrogens with one attached hydrogen (secondary N) is 1. The van der Waals surface area contributed by atoms with Crippen molar-refractivity contribution in [3.8, 4) is 0 Å². The molecule has 0 saturated heterocycles. The summed E-state index contributed by atoms with van der Waals surface area (Å²) >= 11 is 0. The summed E-state index contributed by atoms with van der Waals surface area (Å²) in [5, 5.41) is 6.47. The number of amides is 2. The molecule has 0 aliphatic carbocycles. The molecule has 2 amide bonds. The highest BCUT2D eigenvalue weighted by Crippen LogP contribution is 2.10. The van der Waals surface area contributed by atoms with Crippen LogP contribution in [0.3, 0.4) is 0 Å². The highest BCUT2D eigenvalue weighted by molar-refractivity contribution is 5.89. The second kappa shape index (κ2) is 5.51. The third-order valence-electron chi connectivity index (χ3n) is 2.52. The molecule has 0 fully saturated rings. The van der Waals surface area contributed by atoms with E-state index in [1.54, 1.807) is 20.0 Å². The van der Waals surface area contributed by atoms with Gasteiger partial charge < -0.3 is 14.7 Å². The molecule has 2 aromatic rings. The van der Waals surface area contributed by atoms with E-state index in [9.17, 15) is 9.18 Å². The van der Waals surface area contributed by atoms with Gasteiger partial charge in [-0.2, -0.15) is 0 Å². The molecule has 1 aromatic carbocycles. The maximum Gasteiger partial charge on any atom is 0.321 e. The van der Waals surface area contributed by atoms with Gasteiger partial charge >= 0.3 is 6.03 Å². The number of benzene rings is 1. The smallest absolute Gasteiger partial charge is 0.321 e. The molecule has 5 nitrogen and oxygen atoms in total. The zero-order chi connectivity index (χ0) is 13.8. The average Bonchev–Trinajstić information content (AvgIpc) is 2.77. The van der Waals surface area contributed by atoms with Gasteiger partial charge in [0, 0.05) is 18.8 Å². The van der Waals surface area contributed by atoms with Gasteiger partial charge in [-0.15, -0.1) is 0 Å². The molecule has 0 aliphatic rings. The van der Waals surface area contributed by atoms with E-state index in [4.69, 9.17) is 4.52 Å². The zero-order valence-corrected chi connectivity index (χ0v) is 10.7. The largest absolute Gasteiger partial charge is 0.361 e. The Kier molecular flexibility index (Phi) is 3.79. The van der Waals surface area contributed by atoms with E-state index in [0.717, 1.165) is 0 Å². The lowest BCUT2D eigenvalue weighted by Gasteiger charge is -2.16.